The van der Waals surface area contributed by atoms with Crippen molar-refractivity contribution in [1.82, 2.24) is 0 Å². The molecule has 1 unspecified atom stereocenters. The van der Waals surface area contributed by atoms with Crippen molar-refractivity contribution in [2.45, 2.75) is 84.3 Å². The summed E-state index contributed by atoms with van der Waals surface area (Å²) in [5.41, 5.74) is 12.2. The summed E-state index contributed by atoms with van der Waals surface area (Å²) in [6.45, 7) is 4.55. The monoisotopic (exact) mass is 634 g/mol. The van der Waals surface area contributed by atoms with Gasteiger partial charge in [-0.2, -0.15) is 0 Å². The summed E-state index contributed by atoms with van der Waals surface area (Å²) in [5, 5.41) is 9.63. The van der Waals surface area contributed by atoms with Crippen molar-refractivity contribution in [2.24, 2.45) is 0 Å². The number of hydrogen-bond acceptors (Lipinski definition) is 3. The molecule has 0 bridgehead atoms. The molecule has 6 rings (SSSR count). The molecule has 0 aromatic heterocycles. The Labute approximate surface area is 288 Å². The molecule has 0 radical (unpaired) electrons. The number of aryl methyl sites for hydroxylation is 1. The normalized spacial score (nSPS) is 15.6. The van der Waals surface area contributed by atoms with E-state index < -0.39 is 0 Å². The Balaban J connectivity index is 1.25. The van der Waals surface area contributed by atoms with E-state index in [-0.39, 0.29) is 6.61 Å². The second kappa shape index (κ2) is 16.5. The van der Waals surface area contributed by atoms with Crippen molar-refractivity contribution in [3.63, 3.8) is 0 Å². The predicted octanol–water partition coefficient (Wildman–Crippen LogP) is 12.1. The number of anilines is 4. The van der Waals surface area contributed by atoms with Gasteiger partial charge in [0.05, 0.1) is 12.6 Å². The quantitative estimate of drug-likeness (QED) is 0.149. The number of benzene rings is 4. The van der Waals surface area contributed by atoms with Crippen LogP contribution in [0.25, 0.3) is 11.1 Å². The van der Waals surface area contributed by atoms with Gasteiger partial charge in [-0.1, -0.05) is 111 Å². The Morgan fingerprint density at radius 1 is 0.604 bits per heavy atom. The Kier molecular flexibility index (Phi) is 11.4. The third-order valence-electron chi connectivity index (χ3n) is 9.66. The van der Waals surface area contributed by atoms with Gasteiger partial charge >= 0.3 is 0 Å². The van der Waals surface area contributed by atoms with Crippen molar-refractivity contribution >= 4 is 22.7 Å². The Hall–Kier alpha value is -4.60. The Morgan fingerprint density at radius 3 is 1.69 bits per heavy atom. The van der Waals surface area contributed by atoms with Gasteiger partial charge in [0.2, 0.25) is 0 Å². The first kappa shape index (κ1) is 33.3. The predicted molar refractivity (Wildman–Crippen MR) is 205 cm³/mol. The van der Waals surface area contributed by atoms with Crippen LogP contribution in [0.1, 0.15) is 76.3 Å². The van der Waals surface area contributed by atoms with Crippen molar-refractivity contribution in [3.8, 4) is 11.1 Å². The van der Waals surface area contributed by atoms with E-state index in [0.29, 0.717) is 6.04 Å². The fourth-order valence-electron chi connectivity index (χ4n) is 6.82. The zero-order valence-corrected chi connectivity index (χ0v) is 28.7. The molecule has 246 valence electrons. The summed E-state index contributed by atoms with van der Waals surface area (Å²) in [6.07, 6.45) is 24.2. The molecule has 0 saturated carbocycles. The highest BCUT2D eigenvalue weighted by Crippen LogP contribution is 2.37. The molecule has 48 heavy (non-hydrogen) atoms. The van der Waals surface area contributed by atoms with E-state index in [1.807, 2.05) is 12.1 Å². The van der Waals surface area contributed by atoms with Gasteiger partial charge in [-0.15, -0.1) is 0 Å². The fraction of sp³-hybridized carbons (Fsp3) is 0.289. The van der Waals surface area contributed by atoms with Crippen molar-refractivity contribution in [2.75, 3.05) is 9.80 Å². The van der Waals surface area contributed by atoms with E-state index in [9.17, 15) is 5.11 Å². The van der Waals surface area contributed by atoms with E-state index in [1.165, 1.54) is 60.2 Å². The molecule has 0 saturated heterocycles. The fourth-order valence-corrected chi connectivity index (χ4v) is 6.82. The van der Waals surface area contributed by atoms with Crippen LogP contribution in [0.15, 0.2) is 145 Å². The van der Waals surface area contributed by atoms with Crippen LogP contribution in [-0.4, -0.2) is 11.1 Å². The van der Waals surface area contributed by atoms with Gasteiger partial charge in [-0.05, 0) is 122 Å². The van der Waals surface area contributed by atoms with Crippen LogP contribution in [0.4, 0.5) is 22.7 Å². The summed E-state index contributed by atoms with van der Waals surface area (Å²) in [5.74, 6) is 0. The van der Waals surface area contributed by atoms with Crippen LogP contribution in [0, 0.1) is 0 Å². The van der Waals surface area contributed by atoms with Gasteiger partial charge in [0.25, 0.3) is 0 Å². The highest BCUT2D eigenvalue weighted by Gasteiger charge is 2.22. The standard InChI is InChI=1S/C45H50N2O/c1-3-5-10-35-14-24-41(25-15-35)46(40-12-8-7-9-13-40)44-30-20-38(21-31-44)39-22-32-45(33-23-39)47(43-28-18-37(34-48)19-29-43)42-26-16-36(17-27-42)11-6-4-2/h7-9,12,14,16-24,26-33,40,48H,3-6,10-11,13,15,25,34H2,1-2H3. The lowest BCUT2D eigenvalue weighted by Crippen LogP contribution is -2.34. The number of hydrogen-bond donors (Lipinski definition) is 1. The van der Waals surface area contributed by atoms with Crippen molar-refractivity contribution in [1.29, 1.82) is 0 Å². The smallest absolute Gasteiger partial charge is 0.0681 e. The Morgan fingerprint density at radius 2 is 1.17 bits per heavy atom. The number of aliphatic hydroxyl groups excluding tert-OH is 1. The maximum Gasteiger partial charge on any atom is 0.0681 e. The molecular formula is C45H50N2O. The molecule has 0 aliphatic heterocycles. The lowest BCUT2D eigenvalue weighted by atomic mass is 9.95. The molecule has 1 atom stereocenters. The first-order valence-electron chi connectivity index (χ1n) is 18.0. The summed E-state index contributed by atoms with van der Waals surface area (Å²) in [4.78, 5) is 4.84. The highest BCUT2D eigenvalue weighted by atomic mass is 16.3. The van der Waals surface area contributed by atoms with E-state index >= 15 is 0 Å². The third kappa shape index (κ3) is 8.09. The van der Waals surface area contributed by atoms with Gasteiger partial charge < -0.3 is 14.9 Å². The average molecular weight is 635 g/mol. The largest absolute Gasteiger partial charge is 0.392 e. The summed E-state index contributed by atoms with van der Waals surface area (Å²) in [6, 6.07) is 35.5. The maximum absolute atomic E-state index is 9.63. The van der Waals surface area contributed by atoms with Gasteiger partial charge in [-0.3, -0.25) is 0 Å². The van der Waals surface area contributed by atoms with Crippen LogP contribution in [0.2, 0.25) is 0 Å². The zero-order valence-electron chi connectivity index (χ0n) is 28.7. The number of rotatable bonds is 14. The molecule has 3 nitrogen and oxygen atoms in total. The van der Waals surface area contributed by atoms with Crippen LogP contribution >= 0.6 is 0 Å². The third-order valence-corrected chi connectivity index (χ3v) is 9.66. The second-order valence-corrected chi connectivity index (χ2v) is 13.1. The topological polar surface area (TPSA) is 26.7 Å². The number of aliphatic hydroxyl groups is 1. The van der Waals surface area contributed by atoms with E-state index in [4.69, 9.17) is 0 Å². The first-order chi connectivity index (χ1) is 23.7. The first-order valence-corrected chi connectivity index (χ1v) is 18.0. The maximum atomic E-state index is 9.63. The zero-order chi connectivity index (χ0) is 33.1. The molecule has 4 aromatic carbocycles. The number of allylic oxidation sites excluding steroid dienone is 6. The lowest BCUT2D eigenvalue weighted by molar-refractivity contribution is 0.282. The second-order valence-electron chi connectivity index (χ2n) is 13.1. The minimum Gasteiger partial charge on any atom is -0.392 e. The average Bonchev–Trinajstić information content (AvgIpc) is 3.16. The van der Waals surface area contributed by atoms with Gasteiger partial charge in [0.15, 0.2) is 0 Å². The van der Waals surface area contributed by atoms with Crippen molar-refractivity contribution < 1.29 is 5.11 Å². The number of unbranched alkanes of at least 4 members (excludes halogenated alkanes) is 2. The van der Waals surface area contributed by atoms with Crippen LogP contribution in [0.3, 0.4) is 0 Å². The van der Waals surface area contributed by atoms with Crippen LogP contribution in [0.5, 0.6) is 0 Å². The molecule has 0 spiro atoms. The van der Waals surface area contributed by atoms with Gasteiger partial charge in [0.1, 0.15) is 0 Å². The highest BCUT2D eigenvalue weighted by molar-refractivity contribution is 5.79. The minimum atomic E-state index is 0.0423. The van der Waals surface area contributed by atoms with E-state index in [0.717, 1.165) is 48.3 Å². The molecule has 1 N–H and O–H groups in total. The van der Waals surface area contributed by atoms with E-state index in [2.05, 4.69) is 145 Å². The number of nitrogens with zero attached hydrogens (tertiary/aromatic N) is 2. The van der Waals surface area contributed by atoms with Crippen LogP contribution in [-0.2, 0) is 13.0 Å². The SMILES string of the molecule is CCCCC1=CC=C(N(c2ccc(-c3ccc(N(c4ccc(CO)cc4)c4ccc(CCCC)cc4)cc3)cc2)C2C=CC=CC2)CC1. The molecule has 0 amide bonds. The van der Waals surface area contributed by atoms with Gasteiger partial charge in [0, 0.05) is 28.4 Å². The molecule has 0 fully saturated rings. The lowest BCUT2D eigenvalue weighted by Gasteiger charge is -2.36. The molecule has 4 aromatic rings. The molecule has 2 aliphatic carbocycles. The van der Waals surface area contributed by atoms with Crippen molar-refractivity contribution in [3.05, 3.63) is 156 Å². The minimum absolute atomic E-state index is 0.0423. The van der Waals surface area contributed by atoms with Gasteiger partial charge in [-0.25, -0.2) is 0 Å². The van der Waals surface area contributed by atoms with E-state index in [1.54, 1.807) is 5.57 Å². The molecule has 0 heterocycles. The summed E-state index contributed by atoms with van der Waals surface area (Å²) < 4.78 is 0. The summed E-state index contributed by atoms with van der Waals surface area (Å²) in [7, 11) is 0. The van der Waals surface area contributed by atoms with Crippen LogP contribution < -0.4 is 9.80 Å². The molecular weight excluding hydrogens is 585 g/mol. The Bertz CT molecular complexity index is 1730. The molecule has 2 aliphatic rings. The molecule has 3 heteroatoms. The summed E-state index contributed by atoms with van der Waals surface area (Å²) >= 11 is 0.